The highest BCUT2D eigenvalue weighted by Gasteiger charge is 2.43. The molecule has 1 amide bonds. The third kappa shape index (κ3) is 5.75. The molecule has 0 bridgehead atoms. The van der Waals surface area contributed by atoms with Crippen molar-refractivity contribution in [2.75, 3.05) is 19.6 Å². The fraction of sp³-hybridized carbons (Fsp3) is 0.619. The molecular formula is C21H33IN4O2. The highest BCUT2D eigenvalue weighted by atomic mass is 127. The summed E-state index contributed by atoms with van der Waals surface area (Å²) in [5.41, 5.74) is 1.10. The highest BCUT2D eigenvalue weighted by molar-refractivity contribution is 14.0. The maximum atomic E-state index is 11.9. The van der Waals surface area contributed by atoms with Gasteiger partial charge < -0.3 is 20.7 Å². The molecule has 1 aromatic carbocycles. The van der Waals surface area contributed by atoms with Crippen LogP contribution in [0.2, 0.25) is 0 Å². The average Bonchev–Trinajstić information content (AvgIpc) is 3.12. The van der Waals surface area contributed by atoms with Gasteiger partial charge in [-0.1, -0.05) is 25.1 Å². The van der Waals surface area contributed by atoms with Crippen molar-refractivity contribution in [3.05, 3.63) is 29.8 Å². The molecule has 6 nitrogen and oxygen atoms in total. The number of halogens is 1. The number of fused-ring (bicyclic) bond motifs is 1. The van der Waals surface area contributed by atoms with E-state index in [2.05, 4.69) is 33.1 Å². The van der Waals surface area contributed by atoms with Crippen molar-refractivity contribution in [1.29, 1.82) is 0 Å². The van der Waals surface area contributed by atoms with E-state index in [0.717, 1.165) is 43.5 Å². The zero-order valence-electron chi connectivity index (χ0n) is 16.9. The van der Waals surface area contributed by atoms with Crippen LogP contribution in [-0.2, 0) is 4.79 Å². The van der Waals surface area contributed by atoms with Crippen LogP contribution >= 0.6 is 24.0 Å². The second-order valence-electron chi connectivity index (χ2n) is 7.48. The summed E-state index contributed by atoms with van der Waals surface area (Å²) >= 11 is 0. The number of nitrogens with zero attached hydrogens (tertiary/aromatic N) is 1. The van der Waals surface area contributed by atoms with Crippen LogP contribution in [0.15, 0.2) is 29.3 Å². The van der Waals surface area contributed by atoms with Gasteiger partial charge in [-0.15, -0.1) is 24.0 Å². The lowest BCUT2D eigenvalue weighted by Gasteiger charge is -2.40. The van der Waals surface area contributed by atoms with Crippen LogP contribution in [0.25, 0.3) is 0 Å². The molecule has 1 saturated carbocycles. The van der Waals surface area contributed by atoms with Gasteiger partial charge in [-0.05, 0) is 45.1 Å². The lowest BCUT2D eigenvalue weighted by atomic mass is 9.86. The van der Waals surface area contributed by atoms with Crippen LogP contribution in [0.3, 0.4) is 0 Å². The Morgan fingerprint density at radius 2 is 1.96 bits per heavy atom. The van der Waals surface area contributed by atoms with Gasteiger partial charge in [0.25, 0.3) is 0 Å². The number of aliphatic imine (C=N–C) groups is 1. The monoisotopic (exact) mass is 500 g/mol. The first-order valence-electron chi connectivity index (χ1n) is 10.3. The summed E-state index contributed by atoms with van der Waals surface area (Å²) in [6.45, 7) is 5.64. The predicted octanol–water partition coefficient (Wildman–Crippen LogP) is 3.52. The van der Waals surface area contributed by atoms with Crippen LogP contribution in [0.4, 0.5) is 0 Å². The third-order valence-electron chi connectivity index (χ3n) is 5.32. The maximum Gasteiger partial charge on any atom is 0.241 e. The SMILES string of the molecule is CCCNC(=O)CN=C(NCC)NC1CC2(CCCC2)Oc2ccccc21.I. The van der Waals surface area contributed by atoms with Gasteiger partial charge in [-0.25, -0.2) is 4.99 Å². The van der Waals surface area contributed by atoms with Crippen molar-refractivity contribution in [2.45, 2.75) is 64.0 Å². The van der Waals surface area contributed by atoms with Crippen LogP contribution < -0.4 is 20.7 Å². The molecule has 1 aliphatic heterocycles. The second kappa shape index (κ2) is 10.9. The first kappa shape index (κ1) is 22.8. The number of carbonyl (C=O) groups excluding carboxylic acids is 1. The van der Waals surface area contributed by atoms with E-state index in [1.54, 1.807) is 0 Å². The summed E-state index contributed by atoms with van der Waals surface area (Å²) in [6, 6.07) is 8.38. The van der Waals surface area contributed by atoms with Crippen LogP contribution in [0.5, 0.6) is 5.75 Å². The number of hydrogen-bond acceptors (Lipinski definition) is 3. The molecule has 28 heavy (non-hydrogen) atoms. The molecule has 1 aromatic rings. The summed E-state index contributed by atoms with van der Waals surface area (Å²) in [7, 11) is 0. The molecule has 1 unspecified atom stereocenters. The number of amides is 1. The lowest BCUT2D eigenvalue weighted by Crippen LogP contribution is -2.47. The van der Waals surface area contributed by atoms with Crippen molar-refractivity contribution < 1.29 is 9.53 Å². The Hall–Kier alpha value is -1.51. The molecule has 0 saturated heterocycles. The number of hydrogen-bond donors (Lipinski definition) is 3. The molecule has 0 radical (unpaired) electrons. The number of nitrogens with one attached hydrogen (secondary N) is 3. The molecule has 1 spiro atoms. The number of rotatable bonds is 6. The number of guanidine groups is 1. The van der Waals surface area contributed by atoms with E-state index in [-0.39, 0.29) is 48.1 Å². The minimum Gasteiger partial charge on any atom is -0.487 e. The van der Waals surface area contributed by atoms with Gasteiger partial charge in [-0.3, -0.25) is 4.79 Å². The molecule has 1 aliphatic carbocycles. The lowest BCUT2D eigenvalue weighted by molar-refractivity contribution is -0.119. The smallest absolute Gasteiger partial charge is 0.241 e. The van der Waals surface area contributed by atoms with Gasteiger partial charge in [0.15, 0.2) is 5.96 Å². The molecule has 1 fully saturated rings. The molecule has 2 aliphatic rings. The van der Waals surface area contributed by atoms with Crippen molar-refractivity contribution in [2.24, 2.45) is 4.99 Å². The Bertz CT molecular complexity index is 674. The van der Waals surface area contributed by atoms with Gasteiger partial charge in [0.1, 0.15) is 17.9 Å². The van der Waals surface area contributed by atoms with E-state index in [4.69, 9.17) is 4.74 Å². The average molecular weight is 500 g/mol. The number of carbonyl (C=O) groups is 1. The summed E-state index contributed by atoms with van der Waals surface area (Å²) < 4.78 is 6.43. The highest BCUT2D eigenvalue weighted by Crippen LogP contribution is 2.46. The topological polar surface area (TPSA) is 74.8 Å². The zero-order valence-corrected chi connectivity index (χ0v) is 19.3. The maximum absolute atomic E-state index is 11.9. The van der Waals surface area contributed by atoms with E-state index in [9.17, 15) is 4.79 Å². The van der Waals surface area contributed by atoms with Gasteiger partial charge in [0.2, 0.25) is 5.91 Å². The van der Waals surface area contributed by atoms with Gasteiger partial charge in [0, 0.05) is 25.1 Å². The molecule has 7 heteroatoms. The Labute approximate surface area is 185 Å². The number of benzene rings is 1. The van der Waals surface area contributed by atoms with E-state index in [1.165, 1.54) is 12.8 Å². The molecule has 1 atom stereocenters. The molecular weight excluding hydrogens is 467 g/mol. The van der Waals surface area contributed by atoms with Crippen molar-refractivity contribution in [3.63, 3.8) is 0 Å². The van der Waals surface area contributed by atoms with Crippen LogP contribution in [0.1, 0.15) is 64.0 Å². The molecule has 3 rings (SSSR count). The molecule has 156 valence electrons. The first-order chi connectivity index (χ1) is 13.2. The first-order valence-corrected chi connectivity index (χ1v) is 10.3. The zero-order chi connectivity index (χ0) is 19.1. The van der Waals surface area contributed by atoms with E-state index in [0.29, 0.717) is 12.5 Å². The van der Waals surface area contributed by atoms with Crippen LogP contribution in [-0.4, -0.2) is 37.1 Å². The standard InChI is InChI=1S/C21H32N4O2.HI/c1-3-13-23-19(26)15-24-20(22-4-2)25-17-14-21(11-7-8-12-21)27-18-10-6-5-9-16(17)18;/h5-6,9-10,17H,3-4,7-8,11-15H2,1-2H3,(H,23,26)(H2,22,24,25);1H. The fourth-order valence-corrected chi connectivity index (χ4v) is 4.03. The molecule has 0 aromatic heterocycles. The van der Waals surface area contributed by atoms with Gasteiger partial charge in [-0.2, -0.15) is 0 Å². The predicted molar refractivity (Wildman–Crippen MR) is 123 cm³/mol. The summed E-state index contributed by atoms with van der Waals surface area (Å²) in [4.78, 5) is 16.4. The van der Waals surface area contributed by atoms with Crippen molar-refractivity contribution in [1.82, 2.24) is 16.0 Å². The second-order valence-corrected chi connectivity index (χ2v) is 7.48. The Kier molecular flexibility index (Phi) is 8.85. The van der Waals surface area contributed by atoms with Gasteiger partial charge in [0.05, 0.1) is 6.04 Å². The third-order valence-corrected chi connectivity index (χ3v) is 5.32. The minimum absolute atomic E-state index is 0. The summed E-state index contributed by atoms with van der Waals surface area (Å²) in [5.74, 6) is 1.60. The molecule has 1 heterocycles. The largest absolute Gasteiger partial charge is 0.487 e. The summed E-state index contributed by atoms with van der Waals surface area (Å²) in [6.07, 6.45) is 6.51. The van der Waals surface area contributed by atoms with Crippen molar-refractivity contribution >= 4 is 35.8 Å². The van der Waals surface area contributed by atoms with Crippen LogP contribution in [0, 0.1) is 0 Å². The van der Waals surface area contributed by atoms with E-state index in [1.807, 2.05) is 26.0 Å². The molecule has 3 N–H and O–H groups in total. The van der Waals surface area contributed by atoms with E-state index >= 15 is 0 Å². The fourth-order valence-electron chi connectivity index (χ4n) is 4.03. The Balaban J connectivity index is 0.00000280. The number of ether oxygens (including phenoxy) is 1. The summed E-state index contributed by atoms with van der Waals surface area (Å²) in [5, 5.41) is 9.69. The minimum atomic E-state index is -0.0676. The normalized spacial score (nSPS) is 19.9. The quantitative estimate of drug-likeness (QED) is 0.318. The Morgan fingerprint density at radius 3 is 2.68 bits per heavy atom. The number of para-hydroxylation sites is 1. The van der Waals surface area contributed by atoms with Crippen molar-refractivity contribution in [3.8, 4) is 5.75 Å². The van der Waals surface area contributed by atoms with E-state index < -0.39 is 0 Å². The Morgan fingerprint density at radius 1 is 1.21 bits per heavy atom. The van der Waals surface area contributed by atoms with Gasteiger partial charge >= 0.3 is 0 Å².